The molecule has 1 saturated heterocycles. The van der Waals surface area contributed by atoms with Crippen LogP contribution in [0.5, 0.6) is 0 Å². The Balaban J connectivity index is 2.17. The lowest BCUT2D eigenvalue weighted by molar-refractivity contribution is -0.143. The van der Waals surface area contributed by atoms with Crippen LogP contribution in [0.3, 0.4) is 0 Å². The minimum absolute atomic E-state index is 0.0839. The van der Waals surface area contributed by atoms with Crippen LogP contribution in [0, 0.1) is 0 Å². The zero-order chi connectivity index (χ0) is 16.9. The lowest BCUT2D eigenvalue weighted by Crippen LogP contribution is -2.53. The van der Waals surface area contributed by atoms with Crippen molar-refractivity contribution in [2.45, 2.75) is 43.9 Å². The van der Waals surface area contributed by atoms with Crippen molar-refractivity contribution in [1.82, 2.24) is 5.32 Å². The summed E-state index contributed by atoms with van der Waals surface area (Å²) in [6.45, 7) is 2.79. The van der Waals surface area contributed by atoms with E-state index in [0.29, 0.717) is 23.8 Å². The van der Waals surface area contributed by atoms with Crippen LogP contribution in [0.4, 0.5) is 0 Å². The molecular weight excluding hydrogens is 318 g/mol. The van der Waals surface area contributed by atoms with E-state index in [1.165, 1.54) is 0 Å². The fourth-order valence-corrected chi connectivity index (χ4v) is 3.06. The van der Waals surface area contributed by atoms with Gasteiger partial charge in [-0.25, -0.2) is 0 Å². The Labute approximate surface area is 141 Å². The van der Waals surface area contributed by atoms with Crippen LogP contribution in [-0.2, 0) is 19.9 Å². The second-order valence-corrected chi connectivity index (χ2v) is 6.25. The van der Waals surface area contributed by atoms with Crippen molar-refractivity contribution in [1.29, 1.82) is 0 Å². The predicted octanol–water partition coefficient (Wildman–Crippen LogP) is 2.25. The van der Waals surface area contributed by atoms with Crippen molar-refractivity contribution in [2.24, 2.45) is 0 Å². The summed E-state index contributed by atoms with van der Waals surface area (Å²) in [6.07, 6.45) is 1.99. The highest BCUT2D eigenvalue weighted by Crippen LogP contribution is 2.28. The molecule has 0 spiro atoms. The number of halogens is 1. The van der Waals surface area contributed by atoms with Crippen LogP contribution in [-0.4, -0.2) is 43.5 Å². The molecule has 1 aromatic rings. The van der Waals surface area contributed by atoms with Crippen molar-refractivity contribution >= 4 is 17.5 Å². The van der Waals surface area contributed by atoms with Gasteiger partial charge in [-0.05, 0) is 37.0 Å². The third-order valence-corrected chi connectivity index (χ3v) is 4.50. The summed E-state index contributed by atoms with van der Waals surface area (Å²) in [4.78, 5) is 12.7. The van der Waals surface area contributed by atoms with Gasteiger partial charge in [0.25, 0.3) is 5.91 Å². The van der Waals surface area contributed by atoms with E-state index in [4.69, 9.17) is 21.1 Å². The van der Waals surface area contributed by atoms with Gasteiger partial charge in [0, 0.05) is 18.7 Å². The van der Waals surface area contributed by atoms with Crippen molar-refractivity contribution in [3.05, 3.63) is 34.9 Å². The van der Waals surface area contributed by atoms with Crippen molar-refractivity contribution in [2.75, 3.05) is 20.3 Å². The van der Waals surface area contributed by atoms with Crippen molar-refractivity contribution in [3.63, 3.8) is 0 Å². The number of methoxy groups -OCH3 is 1. The van der Waals surface area contributed by atoms with Crippen LogP contribution >= 0.6 is 11.6 Å². The number of ether oxygens (including phenoxy) is 2. The second kappa shape index (κ2) is 8.11. The van der Waals surface area contributed by atoms with E-state index in [9.17, 15) is 9.90 Å². The summed E-state index contributed by atoms with van der Waals surface area (Å²) in [5.41, 5.74) is -1.15. The Kier molecular flexibility index (Phi) is 6.41. The molecule has 1 aliphatic heterocycles. The normalized spacial score (nSPS) is 21.7. The van der Waals surface area contributed by atoms with Gasteiger partial charge in [-0.15, -0.1) is 0 Å². The fraction of sp³-hybridized carbons (Fsp3) is 0.588. The van der Waals surface area contributed by atoms with Crippen LogP contribution in [0.15, 0.2) is 24.3 Å². The molecule has 5 nitrogen and oxygen atoms in total. The van der Waals surface area contributed by atoms with Crippen LogP contribution in [0.2, 0.25) is 5.02 Å². The minimum atomic E-state index is -1.63. The predicted molar refractivity (Wildman–Crippen MR) is 88.4 cm³/mol. The average Bonchev–Trinajstić information content (AvgIpc) is 3.08. The second-order valence-electron chi connectivity index (χ2n) is 5.81. The lowest BCUT2D eigenvalue weighted by atomic mass is 9.89. The van der Waals surface area contributed by atoms with Gasteiger partial charge in [0.05, 0.1) is 18.8 Å². The molecule has 1 fully saturated rings. The van der Waals surface area contributed by atoms with Gasteiger partial charge < -0.3 is 19.9 Å². The first-order valence-electron chi connectivity index (χ1n) is 7.91. The highest BCUT2D eigenvalue weighted by Gasteiger charge is 2.39. The van der Waals surface area contributed by atoms with E-state index in [-0.39, 0.29) is 18.6 Å². The van der Waals surface area contributed by atoms with E-state index >= 15 is 0 Å². The Morgan fingerprint density at radius 3 is 2.96 bits per heavy atom. The Morgan fingerprint density at radius 2 is 2.39 bits per heavy atom. The molecule has 1 aliphatic rings. The van der Waals surface area contributed by atoms with Crippen LogP contribution in [0.1, 0.15) is 31.7 Å². The van der Waals surface area contributed by atoms with Crippen molar-refractivity contribution in [3.8, 4) is 0 Å². The summed E-state index contributed by atoms with van der Waals surface area (Å²) in [5, 5.41) is 14.3. The number of hydrogen-bond donors (Lipinski definition) is 2. The Morgan fingerprint density at radius 1 is 1.61 bits per heavy atom. The molecule has 1 aromatic carbocycles. The largest absolute Gasteiger partial charge is 0.382 e. The smallest absolute Gasteiger partial charge is 0.256 e. The van der Waals surface area contributed by atoms with Gasteiger partial charge in [0.15, 0.2) is 5.60 Å². The SMILES string of the molecule is CCC(O)(C(=O)NC(COC)C1CCCO1)c1cccc(Cl)c1. The number of carbonyl (C=O) groups excluding carboxylic acids is 1. The van der Waals surface area contributed by atoms with Gasteiger partial charge in [-0.3, -0.25) is 4.79 Å². The van der Waals surface area contributed by atoms with E-state index in [1.807, 2.05) is 0 Å². The summed E-state index contributed by atoms with van der Waals surface area (Å²) in [6, 6.07) is 6.46. The van der Waals surface area contributed by atoms with Gasteiger partial charge in [-0.2, -0.15) is 0 Å². The fourth-order valence-electron chi connectivity index (χ4n) is 2.87. The number of benzene rings is 1. The molecule has 3 unspecified atom stereocenters. The molecule has 0 aromatic heterocycles. The first kappa shape index (κ1) is 18.2. The molecule has 128 valence electrons. The van der Waals surface area contributed by atoms with Crippen LogP contribution in [0.25, 0.3) is 0 Å². The maximum Gasteiger partial charge on any atom is 0.256 e. The van der Waals surface area contributed by atoms with E-state index in [1.54, 1.807) is 38.3 Å². The highest BCUT2D eigenvalue weighted by molar-refractivity contribution is 6.30. The molecule has 1 amide bonds. The third-order valence-electron chi connectivity index (χ3n) is 4.27. The molecule has 23 heavy (non-hydrogen) atoms. The third kappa shape index (κ3) is 4.23. The lowest BCUT2D eigenvalue weighted by Gasteiger charge is -2.31. The summed E-state index contributed by atoms with van der Waals surface area (Å²) < 4.78 is 10.8. The average molecular weight is 342 g/mol. The highest BCUT2D eigenvalue weighted by atomic mass is 35.5. The molecule has 0 saturated carbocycles. The van der Waals surface area contributed by atoms with Gasteiger partial charge in [-0.1, -0.05) is 30.7 Å². The van der Waals surface area contributed by atoms with Crippen molar-refractivity contribution < 1.29 is 19.4 Å². The standard InChI is InChI=1S/C17H24ClNO4/c1-3-17(21,12-6-4-7-13(18)10-12)16(20)19-14(11-22-2)15-8-5-9-23-15/h4,6-7,10,14-15,21H,3,5,8-9,11H2,1-2H3,(H,19,20). The zero-order valence-electron chi connectivity index (χ0n) is 13.5. The molecule has 6 heteroatoms. The topological polar surface area (TPSA) is 67.8 Å². The first-order valence-corrected chi connectivity index (χ1v) is 8.29. The maximum absolute atomic E-state index is 12.7. The summed E-state index contributed by atoms with van der Waals surface area (Å²) in [7, 11) is 1.58. The number of aliphatic hydroxyl groups is 1. The number of amides is 1. The number of rotatable bonds is 7. The van der Waals surface area contributed by atoms with Crippen LogP contribution < -0.4 is 5.32 Å². The molecule has 2 N–H and O–H groups in total. The molecule has 0 radical (unpaired) electrons. The molecule has 3 atom stereocenters. The minimum Gasteiger partial charge on any atom is -0.382 e. The Bertz CT molecular complexity index is 533. The van der Waals surface area contributed by atoms with E-state index in [0.717, 1.165) is 12.8 Å². The monoisotopic (exact) mass is 341 g/mol. The molecule has 0 aliphatic carbocycles. The molecular formula is C17H24ClNO4. The van der Waals surface area contributed by atoms with E-state index in [2.05, 4.69) is 5.32 Å². The van der Waals surface area contributed by atoms with E-state index < -0.39 is 11.5 Å². The Hall–Kier alpha value is -1.14. The molecule has 0 bridgehead atoms. The quantitative estimate of drug-likeness (QED) is 0.798. The number of nitrogens with one attached hydrogen (secondary N) is 1. The summed E-state index contributed by atoms with van der Waals surface area (Å²) >= 11 is 5.99. The van der Waals surface area contributed by atoms with Gasteiger partial charge in [0.2, 0.25) is 0 Å². The van der Waals surface area contributed by atoms with Gasteiger partial charge in [0.1, 0.15) is 0 Å². The number of hydrogen-bond acceptors (Lipinski definition) is 4. The summed E-state index contributed by atoms with van der Waals surface area (Å²) in [5.74, 6) is -0.459. The maximum atomic E-state index is 12.7. The molecule has 2 rings (SSSR count). The zero-order valence-corrected chi connectivity index (χ0v) is 14.3. The molecule has 1 heterocycles. The first-order chi connectivity index (χ1) is 11.0. The number of carbonyl (C=O) groups is 1. The van der Waals surface area contributed by atoms with Gasteiger partial charge >= 0.3 is 0 Å².